The summed E-state index contributed by atoms with van der Waals surface area (Å²) < 4.78 is 0.903. The Bertz CT molecular complexity index is 745. The topological polar surface area (TPSA) is 63.4 Å². The summed E-state index contributed by atoms with van der Waals surface area (Å²) in [5, 5.41) is 10.8. The van der Waals surface area contributed by atoms with Gasteiger partial charge < -0.3 is 4.90 Å². The molecule has 1 amide bonds. The first-order chi connectivity index (χ1) is 10.1. The molecule has 5 nitrogen and oxygen atoms in total. The van der Waals surface area contributed by atoms with Gasteiger partial charge in [-0.25, -0.2) is 0 Å². The molecular weight excluding hydrogens is 336 g/mol. The number of amides is 1. The Morgan fingerprint density at radius 3 is 2.81 bits per heavy atom. The molecule has 0 aromatic heterocycles. The van der Waals surface area contributed by atoms with Crippen LogP contribution < -0.4 is 4.90 Å². The zero-order valence-electron chi connectivity index (χ0n) is 11.0. The van der Waals surface area contributed by atoms with Gasteiger partial charge in [-0.05, 0) is 30.2 Å². The third-order valence-corrected chi connectivity index (χ3v) is 3.99. The van der Waals surface area contributed by atoms with Crippen molar-refractivity contribution >= 4 is 33.2 Å². The molecule has 21 heavy (non-hydrogen) atoms. The number of hydrogen-bond acceptors (Lipinski definition) is 3. The molecule has 0 fully saturated rings. The smallest absolute Gasteiger partial charge is 0.270 e. The van der Waals surface area contributed by atoms with Gasteiger partial charge in [0.1, 0.15) is 0 Å². The van der Waals surface area contributed by atoms with Crippen LogP contribution in [0.25, 0.3) is 0 Å². The van der Waals surface area contributed by atoms with Crippen molar-refractivity contribution in [3.63, 3.8) is 0 Å². The molecule has 0 atom stereocenters. The number of hydrogen-bond donors (Lipinski definition) is 0. The van der Waals surface area contributed by atoms with Crippen molar-refractivity contribution in [1.29, 1.82) is 0 Å². The lowest BCUT2D eigenvalue weighted by molar-refractivity contribution is -0.384. The van der Waals surface area contributed by atoms with Crippen LogP contribution in [0.15, 0.2) is 46.9 Å². The fourth-order valence-electron chi connectivity index (χ4n) is 2.47. The summed E-state index contributed by atoms with van der Waals surface area (Å²) >= 11 is 3.40. The molecule has 3 rings (SSSR count). The summed E-state index contributed by atoms with van der Waals surface area (Å²) in [5.74, 6) is -0.212. The molecule has 0 unspecified atom stereocenters. The van der Waals surface area contributed by atoms with Crippen LogP contribution in [0.5, 0.6) is 0 Å². The summed E-state index contributed by atoms with van der Waals surface area (Å²) in [5.41, 5.74) is 2.23. The maximum absolute atomic E-state index is 12.6. The number of fused-ring (bicyclic) bond motifs is 1. The van der Waals surface area contributed by atoms with Gasteiger partial charge in [0.2, 0.25) is 0 Å². The number of carbonyl (C=O) groups excluding carboxylic acids is 1. The summed E-state index contributed by atoms with van der Waals surface area (Å²) in [4.78, 5) is 24.6. The highest BCUT2D eigenvalue weighted by molar-refractivity contribution is 9.10. The van der Waals surface area contributed by atoms with Crippen molar-refractivity contribution in [2.24, 2.45) is 0 Å². The second-order valence-corrected chi connectivity index (χ2v) is 5.70. The molecule has 2 aromatic rings. The summed E-state index contributed by atoms with van der Waals surface area (Å²) in [6.45, 7) is 0.591. The van der Waals surface area contributed by atoms with E-state index < -0.39 is 4.92 Å². The molecule has 0 N–H and O–H groups in total. The number of benzene rings is 2. The van der Waals surface area contributed by atoms with Crippen LogP contribution in [-0.2, 0) is 6.42 Å². The average Bonchev–Trinajstić information content (AvgIpc) is 2.89. The molecule has 1 aliphatic rings. The summed E-state index contributed by atoms with van der Waals surface area (Å²) in [7, 11) is 0. The predicted molar refractivity (Wildman–Crippen MR) is 82.6 cm³/mol. The second kappa shape index (κ2) is 5.29. The van der Waals surface area contributed by atoms with E-state index in [9.17, 15) is 14.9 Å². The first kappa shape index (κ1) is 13.8. The molecule has 1 aliphatic heterocycles. The number of nitrogens with zero attached hydrogens (tertiary/aromatic N) is 2. The van der Waals surface area contributed by atoms with E-state index in [2.05, 4.69) is 15.9 Å². The normalized spacial score (nSPS) is 13.1. The summed E-state index contributed by atoms with van der Waals surface area (Å²) in [6, 6.07) is 11.7. The molecule has 0 saturated carbocycles. The molecular formula is C15H11BrN2O3. The van der Waals surface area contributed by atoms with Gasteiger partial charge in [-0.2, -0.15) is 0 Å². The SMILES string of the molecule is O=C(c1cccc([N+](=O)[O-])c1)N1CCc2ccc(Br)cc21. The van der Waals surface area contributed by atoms with Crippen LogP contribution >= 0.6 is 15.9 Å². The van der Waals surface area contributed by atoms with E-state index in [1.165, 1.54) is 18.2 Å². The summed E-state index contributed by atoms with van der Waals surface area (Å²) in [6.07, 6.45) is 0.795. The lowest BCUT2D eigenvalue weighted by Gasteiger charge is -2.17. The van der Waals surface area contributed by atoms with E-state index in [0.29, 0.717) is 12.1 Å². The van der Waals surface area contributed by atoms with Crippen LogP contribution in [-0.4, -0.2) is 17.4 Å². The molecule has 6 heteroatoms. The monoisotopic (exact) mass is 346 g/mol. The minimum atomic E-state index is -0.495. The number of non-ortho nitro benzene ring substituents is 1. The van der Waals surface area contributed by atoms with Gasteiger partial charge >= 0.3 is 0 Å². The Hall–Kier alpha value is -2.21. The fourth-order valence-corrected chi connectivity index (χ4v) is 2.82. The number of halogens is 1. The van der Waals surface area contributed by atoms with Crippen molar-refractivity contribution in [1.82, 2.24) is 0 Å². The van der Waals surface area contributed by atoms with Crippen molar-refractivity contribution < 1.29 is 9.72 Å². The molecule has 0 spiro atoms. The van der Waals surface area contributed by atoms with Gasteiger partial charge in [0, 0.05) is 34.4 Å². The van der Waals surface area contributed by atoms with E-state index in [1.807, 2.05) is 18.2 Å². The number of anilines is 1. The Labute approximate surface area is 129 Å². The second-order valence-electron chi connectivity index (χ2n) is 4.79. The van der Waals surface area contributed by atoms with Crippen LogP contribution in [0.2, 0.25) is 0 Å². The Kier molecular flexibility index (Phi) is 3.47. The Morgan fingerprint density at radius 1 is 1.24 bits per heavy atom. The molecule has 0 saturated heterocycles. The highest BCUT2D eigenvalue weighted by Gasteiger charge is 2.26. The lowest BCUT2D eigenvalue weighted by Crippen LogP contribution is -2.28. The minimum Gasteiger partial charge on any atom is -0.308 e. The van der Waals surface area contributed by atoms with Gasteiger partial charge in [-0.3, -0.25) is 14.9 Å². The highest BCUT2D eigenvalue weighted by Crippen LogP contribution is 2.32. The minimum absolute atomic E-state index is 0.0745. The first-order valence-corrected chi connectivity index (χ1v) is 7.20. The van der Waals surface area contributed by atoms with E-state index in [4.69, 9.17) is 0 Å². The Morgan fingerprint density at radius 2 is 2.05 bits per heavy atom. The maximum Gasteiger partial charge on any atom is 0.270 e. The van der Waals surface area contributed by atoms with E-state index >= 15 is 0 Å². The number of rotatable bonds is 2. The van der Waals surface area contributed by atoms with Crippen LogP contribution in [0.4, 0.5) is 11.4 Å². The number of nitro benzene ring substituents is 1. The van der Waals surface area contributed by atoms with Crippen molar-refractivity contribution in [2.45, 2.75) is 6.42 Å². The van der Waals surface area contributed by atoms with Crippen LogP contribution in [0.1, 0.15) is 15.9 Å². The van der Waals surface area contributed by atoms with Gasteiger partial charge in [0.05, 0.1) is 4.92 Å². The first-order valence-electron chi connectivity index (χ1n) is 6.41. The third kappa shape index (κ3) is 2.54. The van der Waals surface area contributed by atoms with Crippen molar-refractivity contribution in [2.75, 3.05) is 11.4 Å². The van der Waals surface area contributed by atoms with Crippen LogP contribution in [0.3, 0.4) is 0 Å². The molecule has 1 heterocycles. The largest absolute Gasteiger partial charge is 0.308 e. The van der Waals surface area contributed by atoms with E-state index in [0.717, 1.165) is 22.1 Å². The quantitative estimate of drug-likeness (QED) is 0.616. The van der Waals surface area contributed by atoms with Gasteiger partial charge in [0.25, 0.3) is 11.6 Å². The molecule has 0 aliphatic carbocycles. The fraction of sp³-hybridized carbons (Fsp3) is 0.133. The molecule has 0 bridgehead atoms. The zero-order chi connectivity index (χ0) is 15.0. The van der Waals surface area contributed by atoms with Gasteiger partial charge in [-0.1, -0.05) is 28.1 Å². The maximum atomic E-state index is 12.6. The Balaban J connectivity index is 1.96. The highest BCUT2D eigenvalue weighted by atomic mass is 79.9. The van der Waals surface area contributed by atoms with E-state index in [1.54, 1.807) is 11.0 Å². The lowest BCUT2D eigenvalue weighted by atomic mass is 10.1. The number of carbonyl (C=O) groups is 1. The van der Waals surface area contributed by atoms with Gasteiger partial charge in [-0.15, -0.1) is 0 Å². The van der Waals surface area contributed by atoms with E-state index in [-0.39, 0.29) is 11.6 Å². The molecule has 106 valence electrons. The molecule has 2 aromatic carbocycles. The average molecular weight is 347 g/mol. The van der Waals surface area contributed by atoms with Crippen molar-refractivity contribution in [3.05, 3.63) is 68.2 Å². The number of nitro groups is 1. The van der Waals surface area contributed by atoms with Crippen LogP contribution in [0, 0.1) is 10.1 Å². The molecule has 0 radical (unpaired) electrons. The van der Waals surface area contributed by atoms with Gasteiger partial charge in [0.15, 0.2) is 0 Å². The third-order valence-electron chi connectivity index (χ3n) is 3.49. The zero-order valence-corrected chi connectivity index (χ0v) is 12.5. The van der Waals surface area contributed by atoms with Crippen molar-refractivity contribution in [3.8, 4) is 0 Å². The standard InChI is InChI=1S/C15H11BrN2O3/c16-12-5-4-10-6-7-17(14(10)9-12)15(19)11-2-1-3-13(8-11)18(20)21/h1-5,8-9H,6-7H2. The predicted octanol–water partition coefficient (Wildman–Crippen LogP) is 3.56.